The van der Waals surface area contributed by atoms with Crippen LogP contribution in [-0.4, -0.2) is 106 Å². The number of fused-ring (bicyclic) bond motifs is 2. The van der Waals surface area contributed by atoms with E-state index in [-0.39, 0.29) is 41.8 Å². The molecule has 7 rings (SSSR count). The number of halogens is 1. The smallest absolute Gasteiger partial charge is 0.261 e. The van der Waals surface area contributed by atoms with Crippen molar-refractivity contribution in [3.8, 4) is 5.75 Å². The van der Waals surface area contributed by atoms with Gasteiger partial charge >= 0.3 is 0 Å². The van der Waals surface area contributed by atoms with Gasteiger partial charge in [-0.05, 0) is 95.3 Å². The first-order valence-electron chi connectivity index (χ1n) is 20.5. The van der Waals surface area contributed by atoms with Crippen LogP contribution in [0.15, 0.2) is 84.0 Å². The number of amides is 3. The molecule has 0 radical (unpaired) electrons. The van der Waals surface area contributed by atoms with Crippen molar-refractivity contribution in [3.05, 3.63) is 111 Å². The number of rotatable bonds is 17. The first-order valence-corrected chi connectivity index (χ1v) is 20.8. The van der Waals surface area contributed by atoms with Gasteiger partial charge < -0.3 is 30.3 Å². The lowest BCUT2D eigenvalue weighted by Crippen LogP contribution is -2.51. The summed E-state index contributed by atoms with van der Waals surface area (Å²) in [6.45, 7) is 2.63. The average molecular weight is 822 g/mol. The monoisotopic (exact) mass is 821 g/mol. The second-order valence-corrected chi connectivity index (χ2v) is 16.5. The van der Waals surface area contributed by atoms with Crippen molar-refractivity contribution in [2.45, 2.75) is 69.6 Å². The topological polar surface area (TPSA) is 159 Å². The summed E-state index contributed by atoms with van der Waals surface area (Å²) in [7, 11) is 4.03. The zero-order chi connectivity index (χ0) is 41.5. The second kappa shape index (κ2) is 18.7. The van der Waals surface area contributed by atoms with E-state index in [0.29, 0.717) is 102 Å². The molecule has 14 heteroatoms. The molecule has 1 atom stereocenters. The molecule has 3 N–H and O–H groups in total. The molecule has 0 bridgehead atoms. The number of nitrogens with zero attached hydrogens (tertiary/aromatic N) is 5. The maximum atomic E-state index is 14.1. The Balaban J connectivity index is 0.930. The number of aliphatic hydroxyl groups is 1. The molecular formula is C45H52ClN7O6. The third-order valence-electron chi connectivity index (χ3n) is 11.2. The van der Waals surface area contributed by atoms with Crippen LogP contribution in [0.1, 0.15) is 71.2 Å². The van der Waals surface area contributed by atoms with E-state index >= 15 is 0 Å². The third kappa shape index (κ3) is 10.6. The molecule has 5 aromatic rings. The molecule has 2 fully saturated rings. The maximum Gasteiger partial charge on any atom is 0.261 e. The number of pyridine rings is 1. The van der Waals surface area contributed by atoms with Gasteiger partial charge in [0.1, 0.15) is 5.75 Å². The molecule has 2 aromatic heterocycles. The molecular weight excluding hydrogens is 770 g/mol. The minimum absolute atomic E-state index is 0.00849. The molecule has 3 aromatic carbocycles. The molecule has 3 amide bonds. The van der Waals surface area contributed by atoms with Gasteiger partial charge in [0.2, 0.25) is 5.91 Å². The van der Waals surface area contributed by atoms with Crippen molar-refractivity contribution < 1.29 is 24.2 Å². The van der Waals surface area contributed by atoms with E-state index in [1.807, 2.05) is 49.3 Å². The molecule has 1 aliphatic heterocycles. The fourth-order valence-electron chi connectivity index (χ4n) is 7.60. The van der Waals surface area contributed by atoms with Crippen LogP contribution in [0, 0.1) is 5.92 Å². The number of aromatic nitrogens is 3. The Morgan fingerprint density at radius 3 is 2.46 bits per heavy atom. The van der Waals surface area contributed by atoms with Gasteiger partial charge in [-0.15, -0.1) is 0 Å². The first kappa shape index (κ1) is 41.8. The van der Waals surface area contributed by atoms with Crippen molar-refractivity contribution in [2.75, 3.05) is 46.9 Å². The molecule has 2 aliphatic rings. The summed E-state index contributed by atoms with van der Waals surface area (Å²) < 4.78 is 7.32. The number of likely N-dealkylation sites (tertiary alicyclic amines) is 1. The lowest BCUT2D eigenvalue weighted by Gasteiger charge is -2.39. The Hall–Kier alpha value is -5.37. The highest BCUT2D eigenvalue weighted by molar-refractivity contribution is 6.38. The van der Waals surface area contributed by atoms with Gasteiger partial charge in [-0.25, -0.2) is 4.98 Å². The molecule has 1 saturated heterocycles. The van der Waals surface area contributed by atoms with Crippen molar-refractivity contribution in [1.29, 1.82) is 0 Å². The van der Waals surface area contributed by atoms with Gasteiger partial charge in [-0.3, -0.25) is 28.7 Å². The maximum absolute atomic E-state index is 14.1. The van der Waals surface area contributed by atoms with Gasteiger partial charge in [-0.2, -0.15) is 0 Å². The number of hydrogen-bond acceptors (Lipinski definition) is 9. The van der Waals surface area contributed by atoms with Crippen LogP contribution in [0.4, 0.5) is 0 Å². The van der Waals surface area contributed by atoms with E-state index in [0.717, 1.165) is 31.4 Å². The zero-order valence-corrected chi connectivity index (χ0v) is 34.4. The molecule has 13 nitrogen and oxygen atoms in total. The van der Waals surface area contributed by atoms with Crippen LogP contribution in [0.2, 0.25) is 5.02 Å². The minimum atomic E-state index is -1.18. The van der Waals surface area contributed by atoms with Crippen LogP contribution in [0.5, 0.6) is 5.75 Å². The number of ether oxygens (including phenoxy) is 1. The van der Waals surface area contributed by atoms with E-state index in [2.05, 4.69) is 25.5 Å². The van der Waals surface area contributed by atoms with Crippen LogP contribution in [0.25, 0.3) is 21.8 Å². The van der Waals surface area contributed by atoms with Gasteiger partial charge in [0.05, 0.1) is 52.1 Å². The SMILES string of the molecule is CN(C)CCCOc1ccc2c(=O)n(CC3(O)CCN(C(=O)[C@H](CCCNC(=O)c4ccc5c(Cl)c(C(=O)NC6CC6)cnc5c4)Cc4ccccc4)CC3)cnc2c1. The largest absolute Gasteiger partial charge is 0.493 e. The molecule has 59 heavy (non-hydrogen) atoms. The Morgan fingerprint density at radius 1 is 0.966 bits per heavy atom. The zero-order valence-electron chi connectivity index (χ0n) is 33.7. The Bertz CT molecular complexity index is 2360. The number of benzene rings is 3. The number of piperidine rings is 1. The van der Waals surface area contributed by atoms with Crippen LogP contribution in [-0.2, 0) is 17.8 Å². The number of carbonyl (C=O) groups is 3. The van der Waals surface area contributed by atoms with E-state index in [4.69, 9.17) is 16.3 Å². The standard InChI is InChI=1S/C45H52ClN7O6/c1-51(2)20-7-23-59-34-14-16-36-39(26-34)49-29-53(44(36)57)28-45(58)17-21-52(22-18-45)43(56)32(24-30-8-4-3-5-9-30)10-6-19-47-41(54)31-11-15-35-38(25-31)48-27-37(40(35)46)42(55)50-33-12-13-33/h3-5,8-9,11,14-16,25-27,29,32-33,58H,6-7,10,12-13,17-24,28H2,1-2H3,(H,47,54)(H,50,55)/t32-/m1/s1. The Kier molecular flexibility index (Phi) is 13.2. The van der Waals surface area contributed by atoms with E-state index in [9.17, 15) is 24.3 Å². The summed E-state index contributed by atoms with van der Waals surface area (Å²) in [5.74, 6) is -0.183. The van der Waals surface area contributed by atoms with E-state index in [1.165, 1.54) is 17.1 Å². The summed E-state index contributed by atoms with van der Waals surface area (Å²) in [5.41, 5.74) is 1.41. The van der Waals surface area contributed by atoms with Crippen LogP contribution in [0.3, 0.4) is 0 Å². The highest BCUT2D eigenvalue weighted by Gasteiger charge is 2.36. The van der Waals surface area contributed by atoms with Gasteiger partial charge in [0, 0.05) is 61.4 Å². The predicted octanol–water partition coefficient (Wildman–Crippen LogP) is 5.24. The summed E-state index contributed by atoms with van der Waals surface area (Å²) in [6, 6.07) is 20.4. The summed E-state index contributed by atoms with van der Waals surface area (Å²) in [5, 5.41) is 18.9. The summed E-state index contributed by atoms with van der Waals surface area (Å²) in [6.07, 6.45) is 8.04. The van der Waals surface area contributed by atoms with E-state index in [1.54, 1.807) is 36.4 Å². The van der Waals surface area contributed by atoms with Crippen molar-refractivity contribution in [1.82, 2.24) is 35.0 Å². The molecule has 0 spiro atoms. The Labute approximate surface area is 348 Å². The molecule has 310 valence electrons. The first-order chi connectivity index (χ1) is 28.5. The minimum Gasteiger partial charge on any atom is -0.493 e. The van der Waals surface area contributed by atoms with Gasteiger partial charge in [0.15, 0.2) is 0 Å². The number of nitrogens with one attached hydrogen (secondary N) is 2. The molecule has 0 unspecified atom stereocenters. The van der Waals surface area contributed by atoms with Crippen molar-refractivity contribution in [3.63, 3.8) is 0 Å². The highest BCUT2D eigenvalue weighted by atomic mass is 35.5. The van der Waals surface area contributed by atoms with Crippen LogP contribution >= 0.6 is 11.6 Å². The summed E-state index contributed by atoms with van der Waals surface area (Å²) >= 11 is 6.57. The average Bonchev–Trinajstić information content (AvgIpc) is 4.06. The van der Waals surface area contributed by atoms with Gasteiger partial charge in [-0.1, -0.05) is 48.0 Å². The lowest BCUT2D eigenvalue weighted by molar-refractivity contribution is -0.140. The second-order valence-electron chi connectivity index (χ2n) is 16.2. The van der Waals surface area contributed by atoms with Crippen LogP contribution < -0.4 is 20.9 Å². The molecule has 1 aliphatic carbocycles. The van der Waals surface area contributed by atoms with Crippen molar-refractivity contribution in [2.24, 2.45) is 5.92 Å². The Morgan fingerprint density at radius 2 is 1.71 bits per heavy atom. The van der Waals surface area contributed by atoms with Crippen molar-refractivity contribution >= 4 is 51.1 Å². The quantitative estimate of drug-likeness (QED) is 0.107. The van der Waals surface area contributed by atoms with Gasteiger partial charge in [0.25, 0.3) is 17.4 Å². The predicted molar refractivity (Wildman–Crippen MR) is 228 cm³/mol. The summed E-state index contributed by atoms with van der Waals surface area (Å²) in [4.78, 5) is 66.1. The lowest BCUT2D eigenvalue weighted by atomic mass is 9.88. The fourth-order valence-corrected chi connectivity index (χ4v) is 7.90. The third-order valence-corrected chi connectivity index (χ3v) is 11.6. The number of hydrogen-bond donors (Lipinski definition) is 3. The normalized spacial score (nSPS) is 15.6. The number of carbonyl (C=O) groups excluding carboxylic acids is 3. The highest BCUT2D eigenvalue weighted by Crippen LogP contribution is 2.29. The van der Waals surface area contributed by atoms with E-state index < -0.39 is 5.60 Å². The molecule has 3 heterocycles. The fraction of sp³-hybridized carbons (Fsp3) is 0.422. The molecule has 1 saturated carbocycles.